The van der Waals surface area contributed by atoms with Gasteiger partial charge in [0.25, 0.3) is 5.91 Å². The molecule has 1 fully saturated rings. The smallest absolute Gasteiger partial charge is 0.269 e. The van der Waals surface area contributed by atoms with Gasteiger partial charge in [-0.3, -0.25) is 24.5 Å². The zero-order valence-electron chi connectivity index (χ0n) is 19.6. The summed E-state index contributed by atoms with van der Waals surface area (Å²) in [6.45, 7) is 7.05. The number of ketones is 1. The number of primary amides is 1. The normalized spacial score (nSPS) is 24.5. The van der Waals surface area contributed by atoms with Crippen molar-refractivity contribution in [1.82, 2.24) is 16.0 Å². The molecule has 2 rings (SSSR count). The highest BCUT2D eigenvalue weighted by molar-refractivity contribution is 5.95. The van der Waals surface area contributed by atoms with E-state index >= 15 is 0 Å². The maximum Gasteiger partial charge on any atom is 0.269 e. The third-order valence-corrected chi connectivity index (χ3v) is 5.65. The van der Waals surface area contributed by atoms with Crippen molar-refractivity contribution in [3.05, 3.63) is 35.9 Å². The van der Waals surface area contributed by atoms with Gasteiger partial charge in [0.2, 0.25) is 17.5 Å². The number of hydrogen-bond acceptors (Lipinski definition) is 7. The van der Waals surface area contributed by atoms with Crippen molar-refractivity contribution in [2.45, 2.75) is 69.8 Å². The highest BCUT2D eigenvalue weighted by Gasteiger charge is 2.56. The van der Waals surface area contributed by atoms with Crippen molar-refractivity contribution in [2.24, 2.45) is 17.4 Å². The zero-order valence-corrected chi connectivity index (χ0v) is 19.6. The molecule has 0 saturated carbocycles. The van der Waals surface area contributed by atoms with Crippen LogP contribution in [0.5, 0.6) is 0 Å². The van der Waals surface area contributed by atoms with Crippen LogP contribution in [0.15, 0.2) is 30.3 Å². The molecule has 10 nitrogen and oxygen atoms in total. The molecule has 3 amide bonds. The Morgan fingerprint density at radius 2 is 1.82 bits per heavy atom. The second-order valence-corrected chi connectivity index (χ2v) is 9.49. The predicted octanol–water partition coefficient (Wildman–Crippen LogP) is -0.740. The maximum atomic E-state index is 13.6. The third kappa shape index (κ3) is 6.37. The molecule has 1 aliphatic heterocycles. The van der Waals surface area contributed by atoms with E-state index in [1.54, 1.807) is 20.8 Å². The van der Waals surface area contributed by atoms with Crippen LogP contribution in [0.25, 0.3) is 0 Å². The number of rotatable bonds is 9. The van der Waals surface area contributed by atoms with Crippen LogP contribution < -0.4 is 27.4 Å². The number of carbonyl (C=O) groups excluding carboxylic acids is 4. The van der Waals surface area contributed by atoms with Gasteiger partial charge in [-0.25, -0.2) is 0 Å². The minimum Gasteiger partial charge on any atom is -0.370 e. The lowest BCUT2D eigenvalue weighted by Crippen LogP contribution is -2.67. The molecular weight excluding hydrogens is 426 g/mol. The van der Waals surface area contributed by atoms with E-state index in [0.717, 1.165) is 5.56 Å². The van der Waals surface area contributed by atoms with E-state index in [1.165, 1.54) is 0 Å². The Kier molecular flexibility index (Phi) is 8.34. The summed E-state index contributed by atoms with van der Waals surface area (Å²) in [4.78, 5) is 50.4. The highest BCUT2D eigenvalue weighted by atomic mass is 16.3. The Bertz CT molecular complexity index is 885. The van der Waals surface area contributed by atoms with Gasteiger partial charge in [-0.2, -0.15) is 0 Å². The first-order valence-corrected chi connectivity index (χ1v) is 11.0. The first kappa shape index (κ1) is 26.4. The lowest BCUT2D eigenvalue weighted by molar-refractivity contribution is -0.148. The van der Waals surface area contributed by atoms with E-state index in [9.17, 15) is 24.3 Å². The molecule has 0 spiro atoms. The molecule has 0 aromatic heterocycles. The van der Waals surface area contributed by atoms with Crippen LogP contribution in [0.2, 0.25) is 0 Å². The highest BCUT2D eigenvalue weighted by Crippen LogP contribution is 2.32. The average Bonchev–Trinajstić information content (AvgIpc) is 3.05. The van der Waals surface area contributed by atoms with E-state index in [1.807, 2.05) is 37.3 Å². The van der Waals surface area contributed by atoms with Gasteiger partial charge in [0, 0.05) is 18.0 Å². The van der Waals surface area contributed by atoms with Gasteiger partial charge in [-0.15, -0.1) is 0 Å². The van der Waals surface area contributed by atoms with E-state index in [0.29, 0.717) is 6.42 Å². The minimum absolute atomic E-state index is 0.0355. The SMILES string of the molecule is CCC(C(=O)C1CN[C@](O)(C(=O)NC(C)(C)C)[C@H]1NC(=O)[C@@H](N)CC(N)=O)c1ccccc1. The summed E-state index contributed by atoms with van der Waals surface area (Å²) in [7, 11) is 0. The molecule has 182 valence electrons. The Labute approximate surface area is 193 Å². The monoisotopic (exact) mass is 461 g/mol. The van der Waals surface area contributed by atoms with Gasteiger partial charge < -0.3 is 27.2 Å². The van der Waals surface area contributed by atoms with Crippen molar-refractivity contribution in [1.29, 1.82) is 0 Å². The molecule has 10 heteroatoms. The number of nitrogens with one attached hydrogen (secondary N) is 3. The van der Waals surface area contributed by atoms with Crippen LogP contribution in [0.3, 0.4) is 0 Å². The van der Waals surface area contributed by atoms with Gasteiger partial charge in [-0.05, 0) is 32.8 Å². The average molecular weight is 462 g/mol. The largest absolute Gasteiger partial charge is 0.370 e. The Hall–Kier alpha value is -2.82. The fraction of sp³-hybridized carbons (Fsp3) is 0.565. The lowest BCUT2D eigenvalue weighted by Gasteiger charge is -2.35. The number of hydrogen-bond donors (Lipinski definition) is 6. The summed E-state index contributed by atoms with van der Waals surface area (Å²) < 4.78 is 0. The lowest BCUT2D eigenvalue weighted by atomic mass is 9.81. The van der Waals surface area contributed by atoms with Crippen molar-refractivity contribution in [3.63, 3.8) is 0 Å². The van der Waals surface area contributed by atoms with Gasteiger partial charge in [0.05, 0.1) is 24.4 Å². The summed E-state index contributed by atoms with van der Waals surface area (Å²) >= 11 is 0. The van der Waals surface area contributed by atoms with Crippen LogP contribution in [0.1, 0.15) is 52.0 Å². The summed E-state index contributed by atoms with van der Waals surface area (Å²) in [6, 6.07) is 6.57. The molecule has 1 aromatic rings. The minimum atomic E-state index is -2.26. The van der Waals surface area contributed by atoms with Gasteiger partial charge >= 0.3 is 0 Å². The molecule has 0 aliphatic carbocycles. The van der Waals surface area contributed by atoms with Gasteiger partial charge in [0.15, 0.2) is 0 Å². The molecule has 1 aromatic carbocycles. The summed E-state index contributed by atoms with van der Waals surface area (Å²) in [6.07, 6.45) is 0.0760. The maximum absolute atomic E-state index is 13.6. The number of benzene rings is 1. The van der Waals surface area contributed by atoms with Crippen molar-refractivity contribution >= 4 is 23.5 Å². The first-order chi connectivity index (χ1) is 15.3. The summed E-state index contributed by atoms with van der Waals surface area (Å²) in [5, 5.41) is 19.3. The summed E-state index contributed by atoms with van der Waals surface area (Å²) in [5.74, 6) is -4.00. The van der Waals surface area contributed by atoms with E-state index in [4.69, 9.17) is 11.5 Å². The topological polar surface area (TPSA) is 177 Å². The molecular formula is C23H35N5O5. The molecule has 33 heavy (non-hydrogen) atoms. The van der Waals surface area contributed by atoms with Crippen LogP contribution in [-0.4, -0.2) is 58.5 Å². The second-order valence-electron chi connectivity index (χ2n) is 9.49. The third-order valence-electron chi connectivity index (χ3n) is 5.65. The number of Topliss-reactive ketones (excluding diaryl/α,β-unsaturated/α-hetero) is 1. The molecule has 1 heterocycles. The Morgan fingerprint density at radius 1 is 1.21 bits per heavy atom. The van der Waals surface area contributed by atoms with Crippen molar-refractivity contribution in [3.8, 4) is 0 Å². The zero-order chi connectivity index (χ0) is 25.0. The predicted molar refractivity (Wildman–Crippen MR) is 123 cm³/mol. The van der Waals surface area contributed by atoms with Crippen molar-refractivity contribution < 1.29 is 24.3 Å². The second kappa shape index (κ2) is 10.4. The Morgan fingerprint density at radius 3 is 2.33 bits per heavy atom. The van der Waals surface area contributed by atoms with Crippen LogP contribution >= 0.6 is 0 Å². The fourth-order valence-electron chi connectivity index (χ4n) is 4.03. The molecule has 1 aliphatic rings. The van der Waals surface area contributed by atoms with Gasteiger partial charge in [0.1, 0.15) is 5.78 Å². The standard InChI is InChI=1S/C23H35N5O5/c1-5-14(13-9-7-6-8-10-13)18(30)15-12-26-23(33,21(32)28-22(2,3)4)19(15)27-20(31)16(24)11-17(25)29/h6-10,14-16,19,26,33H,5,11-12,24H2,1-4H3,(H2,25,29)(H,27,31)(H,28,32)/t14?,15?,16-,19-,23+/m0/s1. The fourth-order valence-corrected chi connectivity index (χ4v) is 4.03. The molecule has 8 N–H and O–H groups in total. The molecule has 1 saturated heterocycles. The van der Waals surface area contributed by atoms with E-state index in [2.05, 4.69) is 16.0 Å². The van der Waals surface area contributed by atoms with E-state index in [-0.39, 0.29) is 12.3 Å². The van der Waals surface area contributed by atoms with E-state index < -0.39 is 59.3 Å². The van der Waals surface area contributed by atoms with Crippen molar-refractivity contribution in [2.75, 3.05) is 6.54 Å². The molecule has 0 radical (unpaired) electrons. The number of nitrogens with two attached hydrogens (primary N) is 2. The van der Waals surface area contributed by atoms with Crippen LogP contribution in [-0.2, 0) is 19.2 Å². The van der Waals surface area contributed by atoms with Crippen LogP contribution in [0.4, 0.5) is 0 Å². The number of aliphatic hydroxyl groups is 1. The molecule has 5 atom stereocenters. The molecule has 2 unspecified atom stereocenters. The number of amides is 3. The number of carbonyl (C=O) groups is 4. The first-order valence-electron chi connectivity index (χ1n) is 11.0. The quantitative estimate of drug-likeness (QED) is 0.280. The Balaban J connectivity index is 2.39. The van der Waals surface area contributed by atoms with Crippen LogP contribution in [0, 0.1) is 5.92 Å². The molecule has 0 bridgehead atoms. The van der Waals surface area contributed by atoms with Gasteiger partial charge in [-0.1, -0.05) is 37.3 Å². The summed E-state index contributed by atoms with van der Waals surface area (Å²) in [5.41, 5.74) is 8.75.